The average molecular weight is 391 g/mol. The Hall–Kier alpha value is -0.300. The van der Waals surface area contributed by atoms with Crippen LogP contribution in [0, 0.1) is 17.3 Å². The molecular weight excluding hydrogens is 340 g/mol. The highest BCUT2D eigenvalue weighted by molar-refractivity contribution is 4.88. The van der Waals surface area contributed by atoms with E-state index in [4.69, 9.17) is 4.74 Å². The highest BCUT2D eigenvalue weighted by atomic mass is 16.5. The van der Waals surface area contributed by atoms with E-state index in [1.54, 1.807) is 0 Å². The first-order valence-electron chi connectivity index (χ1n) is 13.0. The predicted molar refractivity (Wildman–Crippen MR) is 124 cm³/mol. The van der Waals surface area contributed by atoms with Crippen LogP contribution in [-0.4, -0.2) is 13.2 Å². The van der Waals surface area contributed by atoms with Crippen LogP contribution in [0.3, 0.4) is 0 Å². The van der Waals surface area contributed by atoms with Gasteiger partial charge < -0.3 is 4.74 Å². The maximum Gasteiger partial charge on any atom is 0.0644 e. The molecule has 0 radical (unpaired) electrons. The first-order chi connectivity index (χ1) is 13.8. The summed E-state index contributed by atoms with van der Waals surface area (Å²) in [6, 6.07) is 0. The second kappa shape index (κ2) is 14.6. The Bertz CT molecular complexity index is 374. The van der Waals surface area contributed by atoms with Crippen molar-refractivity contribution in [1.82, 2.24) is 0 Å². The number of hydrogen-bond donors (Lipinski definition) is 0. The minimum absolute atomic E-state index is 0.592. The Kier molecular flexibility index (Phi) is 12.5. The van der Waals surface area contributed by atoms with Gasteiger partial charge in [0.2, 0.25) is 0 Å². The zero-order valence-corrected chi connectivity index (χ0v) is 19.2. The molecule has 2 fully saturated rings. The van der Waals surface area contributed by atoms with Gasteiger partial charge in [-0.05, 0) is 55.8 Å². The van der Waals surface area contributed by atoms with Gasteiger partial charge in [-0.2, -0.15) is 0 Å². The number of ether oxygens (including phenoxy) is 1. The van der Waals surface area contributed by atoms with E-state index >= 15 is 0 Å². The third-order valence-corrected chi connectivity index (χ3v) is 7.98. The summed E-state index contributed by atoms with van der Waals surface area (Å²) in [5, 5.41) is 0. The summed E-state index contributed by atoms with van der Waals surface area (Å²) in [6.45, 7) is 7.76. The molecule has 0 heterocycles. The molecule has 0 spiro atoms. The van der Waals surface area contributed by atoms with E-state index in [2.05, 4.69) is 13.5 Å². The molecule has 28 heavy (non-hydrogen) atoms. The summed E-state index contributed by atoms with van der Waals surface area (Å²) in [5.74, 6) is 2.10. The average Bonchev–Trinajstić information content (AvgIpc) is 2.74. The molecule has 2 rings (SSSR count). The van der Waals surface area contributed by atoms with Crippen LogP contribution in [0.5, 0.6) is 0 Å². The summed E-state index contributed by atoms with van der Waals surface area (Å²) in [6.07, 6.45) is 29.6. The Balaban J connectivity index is 1.71. The van der Waals surface area contributed by atoms with Crippen LogP contribution in [0.15, 0.2) is 12.7 Å². The van der Waals surface area contributed by atoms with Crippen molar-refractivity contribution < 1.29 is 4.74 Å². The maximum atomic E-state index is 5.82. The second-order valence-electron chi connectivity index (χ2n) is 10.1. The Morgan fingerprint density at radius 2 is 1.39 bits per heavy atom. The van der Waals surface area contributed by atoms with Crippen LogP contribution in [-0.2, 0) is 4.74 Å². The van der Waals surface area contributed by atoms with Crippen molar-refractivity contribution in [2.24, 2.45) is 17.3 Å². The van der Waals surface area contributed by atoms with Gasteiger partial charge in [-0.1, -0.05) is 96.5 Å². The normalized spacial score (nSPS) is 26.4. The molecule has 0 aromatic carbocycles. The van der Waals surface area contributed by atoms with Crippen LogP contribution in [0.25, 0.3) is 0 Å². The molecule has 0 atom stereocenters. The van der Waals surface area contributed by atoms with E-state index in [9.17, 15) is 0 Å². The van der Waals surface area contributed by atoms with Gasteiger partial charge in [0.1, 0.15) is 0 Å². The second-order valence-corrected chi connectivity index (χ2v) is 10.1. The van der Waals surface area contributed by atoms with Crippen molar-refractivity contribution in [3.8, 4) is 0 Å². The summed E-state index contributed by atoms with van der Waals surface area (Å²) < 4.78 is 5.82. The summed E-state index contributed by atoms with van der Waals surface area (Å²) in [4.78, 5) is 0. The molecule has 0 unspecified atom stereocenters. The summed E-state index contributed by atoms with van der Waals surface area (Å²) in [7, 11) is 0. The molecule has 1 nitrogen and oxygen atoms in total. The van der Waals surface area contributed by atoms with Gasteiger partial charge in [0.25, 0.3) is 0 Å². The van der Waals surface area contributed by atoms with Gasteiger partial charge in [-0.25, -0.2) is 0 Å². The van der Waals surface area contributed by atoms with E-state index in [-0.39, 0.29) is 0 Å². The maximum absolute atomic E-state index is 5.82. The molecule has 1 heteroatoms. The number of unbranched alkanes of at least 4 members (excludes halogenated alkanes) is 7. The molecule has 0 amide bonds. The lowest BCUT2D eigenvalue weighted by molar-refractivity contribution is 0.0487. The van der Waals surface area contributed by atoms with Gasteiger partial charge in [-0.15, -0.1) is 6.58 Å². The third-order valence-electron chi connectivity index (χ3n) is 7.98. The smallest absolute Gasteiger partial charge is 0.0644 e. The van der Waals surface area contributed by atoms with Crippen LogP contribution < -0.4 is 0 Å². The fraction of sp³-hybridized carbons (Fsp3) is 0.926. The van der Waals surface area contributed by atoms with E-state index in [0.29, 0.717) is 5.41 Å². The Labute approximate surface area is 177 Å². The minimum atomic E-state index is 0.592. The fourth-order valence-electron chi connectivity index (χ4n) is 6.04. The lowest BCUT2D eigenvalue weighted by atomic mass is 9.62. The molecular formula is C27H50O. The zero-order valence-electron chi connectivity index (χ0n) is 19.2. The number of rotatable bonds is 15. The minimum Gasteiger partial charge on any atom is -0.377 e. The van der Waals surface area contributed by atoms with E-state index in [1.165, 1.54) is 122 Å². The molecule has 2 aliphatic carbocycles. The first-order valence-corrected chi connectivity index (χ1v) is 13.0. The highest BCUT2D eigenvalue weighted by Crippen LogP contribution is 2.49. The van der Waals surface area contributed by atoms with Crippen molar-refractivity contribution in [3.63, 3.8) is 0 Å². The van der Waals surface area contributed by atoms with Crippen molar-refractivity contribution in [2.75, 3.05) is 13.2 Å². The third kappa shape index (κ3) is 9.02. The Morgan fingerprint density at radius 1 is 0.786 bits per heavy atom. The van der Waals surface area contributed by atoms with Gasteiger partial charge in [0.05, 0.1) is 6.61 Å². The van der Waals surface area contributed by atoms with Gasteiger partial charge in [0, 0.05) is 6.61 Å². The first kappa shape index (κ1) is 24.0. The Morgan fingerprint density at radius 3 is 2.04 bits per heavy atom. The van der Waals surface area contributed by atoms with Crippen LogP contribution >= 0.6 is 0 Å². The topological polar surface area (TPSA) is 9.23 Å². The molecule has 164 valence electrons. The highest BCUT2D eigenvalue weighted by Gasteiger charge is 2.37. The van der Waals surface area contributed by atoms with Crippen molar-refractivity contribution in [2.45, 2.75) is 129 Å². The molecule has 2 aliphatic rings. The van der Waals surface area contributed by atoms with Gasteiger partial charge in [0.15, 0.2) is 0 Å². The molecule has 0 saturated heterocycles. The van der Waals surface area contributed by atoms with Crippen molar-refractivity contribution in [1.29, 1.82) is 0 Å². The molecule has 0 bridgehead atoms. The van der Waals surface area contributed by atoms with Crippen molar-refractivity contribution >= 4 is 0 Å². The van der Waals surface area contributed by atoms with Crippen molar-refractivity contribution in [3.05, 3.63) is 12.7 Å². The monoisotopic (exact) mass is 390 g/mol. The molecule has 0 aromatic rings. The van der Waals surface area contributed by atoms with E-state index in [1.807, 2.05) is 6.08 Å². The fourth-order valence-corrected chi connectivity index (χ4v) is 6.04. The predicted octanol–water partition coefficient (Wildman–Crippen LogP) is 8.87. The summed E-state index contributed by atoms with van der Waals surface area (Å²) >= 11 is 0. The lowest BCUT2D eigenvalue weighted by Gasteiger charge is -2.43. The van der Waals surface area contributed by atoms with Gasteiger partial charge in [-0.3, -0.25) is 0 Å². The largest absolute Gasteiger partial charge is 0.377 e. The van der Waals surface area contributed by atoms with E-state index in [0.717, 1.165) is 25.0 Å². The zero-order chi connectivity index (χ0) is 19.9. The SMILES string of the molecule is C=CCOCCC1(CCCCCCCCCC)CCC(C2CCCCC2)CC1. The van der Waals surface area contributed by atoms with Crippen LogP contribution in [0.2, 0.25) is 0 Å². The quantitative estimate of drug-likeness (QED) is 0.200. The van der Waals surface area contributed by atoms with Gasteiger partial charge >= 0.3 is 0 Å². The number of hydrogen-bond acceptors (Lipinski definition) is 1. The molecule has 0 aromatic heterocycles. The standard InChI is InChI=1S/C27H50O/c1-3-5-6-7-8-9-10-14-19-27(22-24-28-23-4-2)20-17-26(18-21-27)25-15-12-11-13-16-25/h4,25-26H,2-3,5-24H2,1H3. The summed E-state index contributed by atoms with van der Waals surface area (Å²) in [5.41, 5.74) is 0.592. The molecule has 2 saturated carbocycles. The van der Waals surface area contributed by atoms with Crippen LogP contribution in [0.4, 0.5) is 0 Å². The van der Waals surface area contributed by atoms with E-state index < -0.39 is 0 Å². The lowest BCUT2D eigenvalue weighted by Crippen LogP contribution is -2.32. The molecule has 0 aliphatic heterocycles. The molecule has 0 N–H and O–H groups in total. The van der Waals surface area contributed by atoms with Crippen LogP contribution in [0.1, 0.15) is 129 Å².